The fourth-order valence-electron chi connectivity index (χ4n) is 6.79. The van der Waals surface area contributed by atoms with Crippen molar-refractivity contribution in [3.05, 3.63) is 23.3 Å². The zero-order valence-corrected chi connectivity index (χ0v) is 17.0. The Balaban J connectivity index is 1.41. The molecule has 146 valence electrons. The minimum absolute atomic E-state index is 0.121. The number of methoxy groups -OCH3 is 2. The Hall–Kier alpha value is -1.42. The van der Waals surface area contributed by atoms with Crippen LogP contribution in [0.4, 0.5) is 0 Å². The molecule has 1 aromatic rings. The van der Waals surface area contributed by atoms with Crippen LogP contribution in [0.1, 0.15) is 49.7 Å². The van der Waals surface area contributed by atoms with Gasteiger partial charge in [0.15, 0.2) is 11.5 Å². The molecule has 0 saturated heterocycles. The largest absolute Gasteiger partial charge is 0.493 e. The number of halogens is 1. The third kappa shape index (κ3) is 2.74. The van der Waals surface area contributed by atoms with Crippen LogP contribution in [0.5, 0.6) is 11.5 Å². The third-order valence-electron chi connectivity index (χ3n) is 7.45. The standard InChI is InChI=1S/C22H28ClNO3/c1-26-18-6-16-3-4-24(12-17(16)7-19(18)27-2)20(25)21-8-14-5-15(9-21)11-22(23,10-14)13-21/h6-7,14-15H,3-5,8-13H2,1-2H3/t14-,15-,21?,22?/m1/s1. The lowest BCUT2D eigenvalue weighted by Gasteiger charge is -2.60. The summed E-state index contributed by atoms with van der Waals surface area (Å²) in [6.45, 7) is 1.45. The molecule has 1 heterocycles. The van der Waals surface area contributed by atoms with Gasteiger partial charge in [-0.1, -0.05) is 0 Å². The van der Waals surface area contributed by atoms with Crippen molar-refractivity contribution in [2.24, 2.45) is 17.3 Å². The number of nitrogens with zero attached hydrogens (tertiary/aromatic N) is 1. The monoisotopic (exact) mass is 389 g/mol. The number of rotatable bonds is 3. The molecular formula is C22H28ClNO3. The second-order valence-electron chi connectivity index (χ2n) is 9.34. The highest BCUT2D eigenvalue weighted by Crippen LogP contribution is 2.64. The molecule has 5 heteroatoms. The Labute approximate surface area is 166 Å². The molecule has 4 fully saturated rings. The highest BCUT2D eigenvalue weighted by atomic mass is 35.5. The molecule has 4 aliphatic carbocycles. The number of fused-ring (bicyclic) bond motifs is 1. The van der Waals surface area contributed by atoms with Crippen molar-refractivity contribution in [1.82, 2.24) is 4.90 Å². The zero-order chi connectivity index (χ0) is 18.8. The minimum atomic E-state index is -0.208. The van der Waals surface area contributed by atoms with Gasteiger partial charge in [-0.15, -0.1) is 11.6 Å². The summed E-state index contributed by atoms with van der Waals surface area (Å²) in [5.74, 6) is 3.14. The molecule has 1 aromatic carbocycles. The number of hydrogen-bond donors (Lipinski definition) is 0. The normalized spacial score (nSPS) is 36.5. The summed E-state index contributed by atoms with van der Waals surface area (Å²) in [5.41, 5.74) is 2.23. The molecule has 4 nitrogen and oxygen atoms in total. The van der Waals surface area contributed by atoms with Crippen molar-refractivity contribution in [3.8, 4) is 11.5 Å². The van der Waals surface area contributed by atoms with Crippen molar-refractivity contribution in [2.75, 3.05) is 20.8 Å². The second-order valence-corrected chi connectivity index (χ2v) is 10.1. The number of hydrogen-bond acceptors (Lipinski definition) is 3. The number of carbonyl (C=O) groups excluding carboxylic acids is 1. The Kier molecular flexibility index (Phi) is 3.95. The molecule has 0 aromatic heterocycles. The summed E-state index contributed by atoms with van der Waals surface area (Å²) in [6.07, 6.45) is 7.35. The van der Waals surface area contributed by atoms with E-state index in [1.54, 1.807) is 14.2 Å². The Bertz CT molecular complexity index is 778. The van der Waals surface area contributed by atoms with Crippen LogP contribution in [-0.2, 0) is 17.8 Å². The first kappa shape index (κ1) is 17.7. The van der Waals surface area contributed by atoms with Gasteiger partial charge in [0, 0.05) is 18.0 Å². The number of ether oxygens (including phenoxy) is 2. The second kappa shape index (κ2) is 6.04. The summed E-state index contributed by atoms with van der Waals surface area (Å²) in [7, 11) is 3.32. The highest BCUT2D eigenvalue weighted by Gasteiger charge is 2.60. The quantitative estimate of drug-likeness (QED) is 0.728. The predicted octanol–water partition coefficient (Wildman–Crippen LogP) is 4.17. The van der Waals surface area contributed by atoms with Crippen molar-refractivity contribution >= 4 is 17.5 Å². The van der Waals surface area contributed by atoms with Gasteiger partial charge >= 0.3 is 0 Å². The molecule has 1 aliphatic heterocycles. The van der Waals surface area contributed by atoms with E-state index in [2.05, 4.69) is 11.0 Å². The van der Waals surface area contributed by atoms with Gasteiger partial charge < -0.3 is 14.4 Å². The van der Waals surface area contributed by atoms with Crippen LogP contribution in [-0.4, -0.2) is 36.4 Å². The lowest BCUT2D eigenvalue weighted by Crippen LogP contribution is -2.59. The topological polar surface area (TPSA) is 38.8 Å². The van der Waals surface area contributed by atoms with E-state index in [-0.39, 0.29) is 10.3 Å². The molecule has 0 unspecified atom stereocenters. The molecule has 1 amide bonds. The average Bonchev–Trinajstić information content (AvgIpc) is 2.63. The van der Waals surface area contributed by atoms with Crippen molar-refractivity contribution in [1.29, 1.82) is 0 Å². The predicted molar refractivity (Wildman–Crippen MR) is 104 cm³/mol. The van der Waals surface area contributed by atoms with E-state index in [1.165, 1.54) is 17.5 Å². The molecule has 2 atom stereocenters. The van der Waals surface area contributed by atoms with E-state index < -0.39 is 0 Å². The van der Waals surface area contributed by atoms with Crippen LogP contribution in [0.2, 0.25) is 0 Å². The SMILES string of the molecule is COc1cc2c(cc1OC)CN(C(=O)C13C[C@H]4C[C@@H](CC(Cl)(C4)C1)C3)CC2. The Morgan fingerprint density at radius 1 is 1.07 bits per heavy atom. The summed E-state index contributed by atoms with van der Waals surface area (Å²) in [4.78, 5) is 15.7. The summed E-state index contributed by atoms with van der Waals surface area (Å²) < 4.78 is 10.9. The summed E-state index contributed by atoms with van der Waals surface area (Å²) in [5, 5.41) is 0. The van der Waals surface area contributed by atoms with Gasteiger partial charge in [0.05, 0.1) is 19.6 Å². The summed E-state index contributed by atoms with van der Waals surface area (Å²) >= 11 is 6.96. The molecule has 4 bridgehead atoms. The van der Waals surface area contributed by atoms with Crippen LogP contribution in [0, 0.1) is 17.3 Å². The van der Waals surface area contributed by atoms with E-state index in [0.717, 1.165) is 56.6 Å². The minimum Gasteiger partial charge on any atom is -0.493 e. The molecule has 5 aliphatic rings. The number of benzene rings is 1. The number of carbonyl (C=O) groups is 1. The average molecular weight is 390 g/mol. The van der Waals surface area contributed by atoms with E-state index in [1.807, 2.05) is 6.07 Å². The highest BCUT2D eigenvalue weighted by molar-refractivity contribution is 6.24. The van der Waals surface area contributed by atoms with E-state index in [0.29, 0.717) is 24.3 Å². The summed E-state index contributed by atoms with van der Waals surface area (Å²) in [6, 6.07) is 4.10. The maximum atomic E-state index is 13.7. The molecule has 0 spiro atoms. The lowest BCUT2D eigenvalue weighted by molar-refractivity contribution is -0.157. The third-order valence-corrected chi connectivity index (χ3v) is 7.89. The molecular weight excluding hydrogens is 362 g/mol. The Morgan fingerprint density at radius 3 is 2.30 bits per heavy atom. The van der Waals surface area contributed by atoms with Crippen LogP contribution in [0.3, 0.4) is 0 Å². The first-order chi connectivity index (χ1) is 12.9. The maximum Gasteiger partial charge on any atom is 0.229 e. The van der Waals surface area contributed by atoms with Crippen LogP contribution in [0.25, 0.3) is 0 Å². The smallest absolute Gasteiger partial charge is 0.229 e. The zero-order valence-electron chi connectivity index (χ0n) is 16.2. The van der Waals surface area contributed by atoms with Crippen molar-refractivity contribution in [3.63, 3.8) is 0 Å². The Morgan fingerprint density at radius 2 is 1.70 bits per heavy atom. The van der Waals surface area contributed by atoms with Crippen LogP contribution in [0.15, 0.2) is 12.1 Å². The van der Waals surface area contributed by atoms with Gasteiger partial charge in [0.2, 0.25) is 5.91 Å². The molecule has 0 radical (unpaired) electrons. The van der Waals surface area contributed by atoms with Gasteiger partial charge in [-0.05, 0) is 80.0 Å². The lowest BCUT2D eigenvalue weighted by atomic mass is 9.49. The fraction of sp³-hybridized carbons (Fsp3) is 0.682. The first-order valence-electron chi connectivity index (χ1n) is 10.2. The van der Waals surface area contributed by atoms with E-state index in [9.17, 15) is 4.79 Å². The fourth-order valence-corrected chi connectivity index (χ4v) is 7.49. The van der Waals surface area contributed by atoms with Crippen LogP contribution >= 0.6 is 11.6 Å². The van der Waals surface area contributed by atoms with Gasteiger partial charge in [0.25, 0.3) is 0 Å². The van der Waals surface area contributed by atoms with E-state index in [4.69, 9.17) is 21.1 Å². The number of alkyl halides is 1. The number of amides is 1. The molecule has 0 N–H and O–H groups in total. The van der Waals surface area contributed by atoms with Crippen molar-refractivity contribution in [2.45, 2.75) is 56.4 Å². The van der Waals surface area contributed by atoms with Crippen molar-refractivity contribution < 1.29 is 14.3 Å². The van der Waals surface area contributed by atoms with E-state index >= 15 is 0 Å². The van der Waals surface area contributed by atoms with Gasteiger partial charge in [0.1, 0.15) is 0 Å². The van der Waals surface area contributed by atoms with Crippen LogP contribution < -0.4 is 9.47 Å². The van der Waals surface area contributed by atoms with Gasteiger partial charge in [-0.2, -0.15) is 0 Å². The molecule has 27 heavy (non-hydrogen) atoms. The van der Waals surface area contributed by atoms with Gasteiger partial charge in [-0.3, -0.25) is 4.79 Å². The van der Waals surface area contributed by atoms with Gasteiger partial charge in [-0.25, -0.2) is 0 Å². The maximum absolute atomic E-state index is 13.7. The first-order valence-corrected chi connectivity index (χ1v) is 10.5. The molecule has 4 saturated carbocycles. The molecule has 6 rings (SSSR count).